The molecular formula is C36H32Cl2N4O4. The fraction of sp³-hybridized carbons (Fsp3) is 0.222. The molecular weight excluding hydrogens is 623 g/mol. The van der Waals surface area contributed by atoms with Gasteiger partial charge in [-0.05, 0) is 50.2 Å². The van der Waals surface area contributed by atoms with Crippen LogP contribution < -0.4 is 21.3 Å². The van der Waals surface area contributed by atoms with Gasteiger partial charge in [-0.1, -0.05) is 71.7 Å². The van der Waals surface area contributed by atoms with Crippen molar-refractivity contribution in [3.63, 3.8) is 0 Å². The van der Waals surface area contributed by atoms with E-state index in [0.717, 1.165) is 39.0 Å². The molecule has 234 valence electrons. The summed E-state index contributed by atoms with van der Waals surface area (Å²) in [5.41, 5.74) is 4.07. The van der Waals surface area contributed by atoms with E-state index < -0.39 is 0 Å². The van der Waals surface area contributed by atoms with Crippen LogP contribution in [0.5, 0.6) is 0 Å². The maximum absolute atomic E-state index is 13.2. The lowest BCUT2D eigenvalue weighted by Crippen LogP contribution is -2.30. The smallest absolute Gasteiger partial charge is 0.196 e. The van der Waals surface area contributed by atoms with E-state index in [1.165, 1.54) is 0 Å². The number of fused-ring (bicyclic) bond motifs is 4. The molecule has 0 unspecified atom stereocenters. The summed E-state index contributed by atoms with van der Waals surface area (Å²) in [6.45, 7) is 4.45. The molecule has 0 saturated carbocycles. The van der Waals surface area contributed by atoms with E-state index >= 15 is 0 Å². The van der Waals surface area contributed by atoms with Crippen molar-refractivity contribution in [1.29, 1.82) is 0 Å². The Kier molecular flexibility index (Phi) is 9.61. The summed E-state index contributed by atoms with van der Waals surface area (Å²) < 4.78 is 0. The first-order valence-electron chi connectivity index (χ1n) is 15.3. The lowest BCUT2D eigenvalue weighted by molar-refractivity contribution is 0.0979. The fourth-order valence-corrected chi connectivity index (χ4v) is 6.51. The maximum atomic E-state index is 13.2. The molecule has 46 heavy (non-hydrogen) atoms. The zero-order valence-corrected chi connectivity index (χ0v) is 26.5. The summed E-state index contributed by atoms with van der Waals surface area (Å²) in [5, 5.41) is 14.0. The molecule has 10 heteroatoms. The van der Waals surface area contributed by atoms with Gasteiger partial charge >= 0.3 is 0 Å². The lowest BCUT2D eigenvalue weighted by atomic mass is 9.83. The number of rotatable bonds is 13. The quantitative estimate of drug-likeness (QED) is 0.112. The van der Waals surface area contributed by atoms with Crippen LogP contribution in [0.3, 0.4) is 0 Å². The molecule has 2 aliphatic rings. The van der Waals surface area contributed by atoms with Gasteiger partial charge in [0.05, 0.1) is 32.3 Å². The lowest BCUT2D eigenvalue weighted by Gasteiger charge is -2.21. The van der Waals surface area contributed by atoms with E-state index in [-0.39, 0.29) is 44.3 Å². The summed E-state index contributed by atoms with van der Waals surface area (Å²) in [7, 11) is 0. The normalized spacial score (nSPS) is 13.2. The first-order valence-corrected chi connectivity index (χ1v) is 16.0. The Morgan fingerprint density at radius 3 is 1.17 bits per heavy atom. The first kappa shape index (κ1) is 31.6. The van der Waals surface area contributed by atoms with Crippen molar-refractivity contribution >= 4 is 57.7 Å². The van der Waals surface area contributed by atoms with Crippen LogP contribution in [0.4, 0.5) is 11.4 Å². The molecule has 0 spiro atoms. The maximum Gasteiger partial charge on any atom is 0.196 e. The van der Waals surface area contributed by atoms with Gasteiger partial charge < -0.3 is 21.3 Å². The van der Waals surface area contributed by atoms with Crippen molar-refractivity contribution in [2.75, 3.05) is 49.9 Å². The average molecular weight is 656 g/mol. The molecule has 0 fully saturated rings. The van der Waals surface area contributed by atoms with Gasteiger partial charge in [-0.15, -0.1) is 0 Å². The largest absolute Gasteiger partial charge is 0.384 e. The Labute approximate surface area is 276 Å². The van der Waals surface area contributed by atoms with E-state index in [9.17, 15) is 19.2 Å². The number of carbonyl (C=O) groups excluding carboxylic acids is 4. The highest BCUT2D eigenvalue weighted by molar-refractivity contribution is 6.40. The van der Waals surface area contributed by atoms with Crippen molar-refractivity contribution in [2.45, 2.75) is 12.8 Å². The van der Waals surface area contributed by atoms with Crippen LogP contribution in [-0.4, -0.2) is 62.4 Å². The average Bonchev–Trinajstić information content (AvgIpc) is 3.06. The number of hydrogen-bond acceptors (Lipinski definition) is 8. The highest BCUT2D eigenvalue weighted by atomic mass is 35.5. The predicted molar refractivity (Wildman–Crippen MR) is 181 cm³/mol. The first-order chi connectivity index (χ1) is 22.4. The fourth-order valence-electron chi connectivity index (χ4n) is 5.99. The van der Waals surface area contributed by atoms with Crippen molar-refractivity contribution in [2.24, 2.45) is 0 Å². The minimum absolute atomic E-state index is 0.197. The van der Waals surface area contributed by atoms with Crippen LogP contribution >= 0.6 is 23.2 Å². The van der Waals surface area contributed by atoms with E-state index in [1.807, 2.05) is 12.1 Å². The van der Waals surface area contributed by atoms with Gasteiger partial charge in [0, 0.05) is 59.8 Å². The Morgan fingerprint density at radius 2 is 0.761 bits per heavy atom. The summed E-state index contributed by atoms with van der Waals surface area (Å²) >= 11 is 12.5. The molecule has 6 rings (SSSR count). The van der Waals surface area contributed by atoms with E-state index in [1.54, 1.807) is 60.7 Å². The van der Waals surface area contributed by atoms with Gasteiger partial charge in [0.25, 0.3) is 0 Å². The molecule has 0 aliphatic heterocycles. The minimum atomic E-state index is -0.230. The van der Waals surface area contributed by atoms with Crippen LogP contribution in [0.1, 0.15) is 76.5 Å². The topological polar surface area (TPSA) is 116 Å². The molecule has 4 aromatic rings. The molecule has 0 bridgehead atoms. The van der Waals surface area contributed by atoms with Gasteiger partial charge in [0.2, 0.25) is 0 Å². The molecule has 4 aromatic carbocycles. The van der Waals surface area contributed by atoms with Gasteiger partial charge in [-0.2, -0.15) is 0 Å². The number of carbonyl (C=O) groups is 4. The molecule has 0 radical (unpaired) electrons. The molecule has 0 heterocycles. The van der Waals surface area contributed by atoms with Crippen molar-refractivity contribution in [3.05, 3.63) is 127 Å². The Balaban J connectivity index is 0.889. The number of hydrogen-bond donors (Lipinski definition) is 4. The van der Waals surface area contributed by atoms with Gasteiger partial charge in [0.15, 0.2) is 23.1 Å². The van der Waals surface area contributed by atoms with E-state index in [0.29, 0.717) is 57.8 Å². The predicted octanol–water partition coefficient (Wildman–Crippen LogP) is 6.03. The molecule has 4 N–H and O–H groups in total. The van der Waals surface area contributed by atoms with Gasteiger partial charge in [-0.3, -0.25) is 19.2 Å². The number of benzene rings is 4. The molecule has 0 saturated heterocycles. The van der Waals surface area contributed by atoms with Crippen LogP contribution in [0.25, 0.3) is 0 Å². The number of anilines is 2. The zero-order valence-electron chi connectivity index (χ0n) is 25.0. The zero-order chi connectivity index (χ0) is 32.2. The second kappa shape index (κ2) is 14.0. The van der Waals surface area contributed by atoms with Gasteiger partial charge in [0.1, 0.15) is 0 Å². The number of nitrogens with one attached hydrogen (secondary N) is 4. The third kappa shape index (κ3) is 6.09. The molecule has 8 nitrogen and oxygen atoms in total. The van der Waals surface area contributed by atoms with Crippen molar-refractivity contribution in [3.8, 4) is 0 Å². The van der Waals surface area contributed by atoms with Crippen molar-refractivity contribution < 1.29 is 19.2 Å². The minimum Gasteiger partial charge on any atom is -0.384 e. The van der Waals surface area contributed by atoms with Crippen LogP contribution in [0.2, 0.25) is 10.0 Å². The second-order valence-electron chi connectivity index (χ2n) is 11.2. The monoisotopic (exact) mass is 654 g/mol. The summed E-state index contributed by atoms with van der Waals surface area (Å²) in [6.07, 6.45) is 1.66. The van der Waals surface area contributed by atoms with E-state index in [2.05, 4.69) is 21.3 Å². The molecule has 0 aromatic heterocycles. The Morgan fingerprint density at radius 1 is 0.413 bits per heavy atom. The van der Waals surface area contributed by atoms with Crippen LogP contribution in [0, 0.1) is 0 Å². The van der Waals surface area contributed by atoms with Crippen molar-refractivity contribution in [1.82, 2.24) is 10.6 Å². The summed E-state index contributed by atoms with van der Waals surface area (Å²) in [5.74, 6) is -0.854. The van der Waals surface area contributed by atoms with Gasteiger partial charge in [-0.25, -0.2) is 0 Å². The summed E-state index contributed by atoms with van der Waals surface area (Å²) in [4.78, 5) is 52.6. The molecule has 0 atom stereocenters. The second-order valence-corrected chi connectivity index (χ2v) is 12.0. The standard InChI is InChI=1S/C36H32Cl2N4O4/c37-25-11-1-7-21-29(25)33(43)23-9-3-13-27(31(23)35(21)45)41-17-5-15-39-19-20-40-16-6-18-42-28-14-4-10-24-32(28)36(46)22-8-2-12-26(38)30(22)34(24)44/h1-4,7-14,39-42H,5-6,15-20H2. The Hall–Kier alpha value is -4.34. The third-order valence-electron chi connectivity index (χ3n) is 8.21. The number of halogens is 2. The third-order valence-corrected chi connectivity index (χ3v) is 8.84. The van der Waals surface area contributed by atoms with E-state index in [4.69, 9.17) is 23.2 Å². The molecule has 0 amide bonds. The highest BCUT2D eigenvalue weighted by Crippen LogP contribution is 2.36. The highest BCUT2D eigenvalue weighted by Gasteiger charge is 2.34. The Bertz CT molecular complexity index is 1740. The van der Waals surface area contributed by atoms with Crippen LogP contribution in [0.15, 0.2) is 72.8 Å². The number of ketones is 4. The van der Waals surface area contributed by atoms with Crippen LogP contribution in [-0.2, 0) is 0 Å². The summed E-state index contributed by atoms with van der Waals surface area (Å²) in [6, 6.07) is 20.5. The SMILES string of the molecule is O=C1c2cccc(NCCCNCCNCCCNc3cccc4c3C(=O)c3cccc(Cl)c3C4=O)c2C(=O)c2cccc(Cl)c21. The molecule has 2 aliphatic carbocycles.